The van der Waals surface area contributed by atoms with Gasteiger partial charge in [-0.05, 0) is 115 Å². The fourth-order valence-electron chi connectivity index (χ4n) is 8.80. The lowest BCUT2D eigenvalue weighted by molar-refractivity contribution is -0.138. The van der Waals surface area contributed by atoms with E-state index in [9.17, 15) is 37.6 Å². The Morgan fingerprint density at radius 2 is 1.66 bits per heavy atom. The third kappa shape index (κ3) is 9.18. The number of hydrogen-bond donors (Lipinski definition) is 2. The highest BCUT2D eigenvalue weighted by molar-refractivity contribution is 7.80. The molecule has 0 bridgehead atoms. The molecule has 2 aromatic rings. The Morgan fingerprint density at radius 1 is 1.02 bits per heavy atom. The number of carbonyl (C=O) groups excluding carboxylic acids is 4. The molecule has 3 aliphatic heterocycles. The lowest BCUT2D eigenvalue weighted by Crippen LogP contribution is -2.58. The number of nitrogens with one attached hydrogen (secondary N) is 2. The molecule has 0 aromatic heterocycles. The zero-order valence-electron chi connectivity index (χ0n) is 33.4. The molecule has 1 saturated carbocycles. The summed E-state index contributed by atoms with van der Waals surface area (Å²) in [6.45, 7) is 12.6. The Bertz CT molecular complexity index is 1940. The number of piperazine rings is 1. The van der Waals surface area contributed by atoms with Gasteiger partial charge in [-0.25, -0.2) is 0 Å². The van der Waals surface area contributed by atoms with Crippen LogP contribution in [-0.2, 0) is 35.5 Å². The SMILES string of the molecule is C[C@@H]1CN(CCOC2CCC(N3C(=S)N(c4ccc(C#N)c(C(F)(F)F)c4)C(=O)C3(C)C)CC2)C[C@H](C)N1CC(=O)Nc1ccc([C@@]2(C)CCC(=O)NC2=O)cc1.Cl. The van der Waals surface area contributed by atoms with Crippen LogP contribution in [0, 0.1) is 11.3 Å². The number of nitrogens with zero attached hydrogens (tertiary/aromatic N) is 5. The van der Waals surface area contributed by atoms with Gasteiger partial charge in [-0.15, -0.1) is 12.4 Å². The Hall–Kier alpha value is -4.14. The van der Waals surface area contributed by atoms with Gasteiger partial charge in [-0.1, -0.05) is 12.1 Å². The predicted molar refractivity (Wildman–Crippen MR) is 218 cm³/mol. The molecule has 3 atom stereocenters. The van der Waals surface area contributed by atoms with Crippen LogP contribution in [-0.4, -0.2) is 106 Å². The van der Waals surface area contributed by atoms with Crippen LogP contribution in [0.4, 0.5) is 24.5 Å². The number of nitriles is 1. The predicted octanol–water partition coefficient (Wildman–Crippen LogP) is 5.77. The van der Waals surface area contributed by atoms with Crippen molar-refractivity contribution in [3.63, 3.8) is 0 Å². The lowest BCUT2D eigenvalue weighted by Gasteiger charge is -2.44. The van der Waals surface area contributed by atoms with Gasteiger partial charge in [-0.3, -0.25) is 39.2 Å². The summed E-state index contributed by atoms with van der Waals surface area (Å²) in [6.07, 6.45) is -1.12. The van der Waals surface area contributed by atoms with E-state index < -0.39 is 34.2 Å². The number of rotatable bonds is 10. The Balaban J connectivity index is 0.00000641. The number of ether oxygens (including phenoxy) is 1. The summed E-state index contributed by atoms with van der Waals surface area (Å²) in [5.74, 6) is -1.11. The first-order valence-electron chi connectivity index (χ1n) is 19.5. The number of piperidine rings is 1. The summed E-state index contributed by atoms with van der Waals surface area (Å²) in [7, 11) is 0. The second-order valence-electron chi connectivity index (χ2n) is 16.5. The number of thiocarbonyl (C=S) groups is 1. The van der Waals surface area contributed by atoms with Crippen molar-refractivity contribution >= 4 is 64.7 Å². The van der Waals surface area contributed by atoms with Crippen LogP contribution >= 0.6 is 24.6 Å². The smallest absolute Gasteiger partial charge is 0.377 e. The highest BCUT2D eigenvalue weighted by Gasteiger charge is 2.53. The van der Waals surface area contributed by atoms with E-state index in [1.54, 1.807) is 32.0 Å². The molecular formula is C41H51ClF3N7O5S. The fraction of sp³-hybridized carbons (Fsp3) is 0.561. The summed E-state index contributed by atoms with van der Waals surface area (Å²) in [5.41, 5.74) is -2.08. The molecule has 2 aromatic carbocycles. The van der Waals surface area contributed by atoms with Crippen molar-refractivity contribution in [3.8, 4) is 6.07 Å². The lowest BCUT2D eigenvalue weighted by atomic mass is 9.75. The Kier molecular flexibility index (Phi) is 13.6. The first-order chi connectivity index (χ1) is 26.8. The highest BCUT2D eigenvalue weighted by Crippen LogP contribution is 2.41. The first-order valence-corrected chi connectivity index (χ1v) is 19.9. The molecule has 1 aliphatic carbocycles. The van der Waals surface area contributed by atoms with Crippen molar-refractivity contribution in [3.05, 3.63) is 59.2 Å². The van der Waals surface area contributed by atoms with E-state index in [4.69, 9.17) is 17.0 Å². The third-order valence-electron chi connectivity index (χ3n) is 12.1. The monoisotopic (exact) mass is 845 g/mol. The largest absolute Gasteiger partial charge is 0.417 e. The first kappa shape index (κ1) is 45.0. The number of alkyl halides is 3. The minimum Gasteiger partial charge on any atom is -0.377 e. The topological polar surface area (TPSA) is 138 Å². The average Bonchev–Trinajstić information content (AvgIpc) is 3.33. The maximum absolute atomic E-state index is 13.7. The van der Waals surface area contributed by atoms with Gasteiger partial charge in [0, 0.05) is 49.9 Å². The minimum atomic E-state index is -4.76. The summed E-state index contributed by atoms with van der Waals surface area (Å²) in [4.78, 5) is 58.4. The van der Waals surface area contributed by atoms with E-state index in [0.29, 0.717) is 31.6 Å². The molecule has 0 spiro atoms. The number of carbonyl (C=O) groups is 4. The molecule has 58 heavy (non-hydrogen) atoms. The summed E-state index contributed by atoms with van der Waals surface area (Å²) < 4.78 is 47.5. The molecule has 3 heterocycles. The number of anilines is 2. The van der Waals surface area contributed by atoms with Crippen molar-refractivity contribution in [2.24, 2.45) is 0 Å². The molecule has 17 heteroatoms. The van der Waals surface area contributed by atoms with E-state index in [1.165, 1.54) is 6.07 Å². The second-order valence-corrected chi connectivity index (χ2v) is 16.8. The second kappa shape index (κ2) is 17.6. The van der Waals surface area contributed by atoms with Crippen molar-refractivity contribution in [2.45, 2.75) is 115 Å². The highest BCUT2D eigenvalue weighted by atomic mass is 35.5. The Morgan fingerprint density at radius 3 is 2.24 bits per heavy atom. The molecule has 4 aliphatic rings. The van der Waals surface area contributed by atoms with Gasteiger partial charge in [0.2, 0.25) is 17.7 Å². The summed E-state index contributed by atoms with van der Waals surface area (Å²) in [6, 6.07) is 12.2. The van der Waals surface area contributed by atoms with Crippen LogP contribution in [0.3, 0.4) is 0 Å². The van der Waals surface area contributed by atoms with Crippen LogP contribution < -0.4 is 15.5 Å². The van der Waals surface area contributed by atoms with E-state index in [-0.39, 0.29) is 78.1 Å². The van der Waals surface area contributed by atoms with E-state index in [0.717, 1.165) is 55.1 Å². The minimum absolute atomic E-state index is 0. The molecule has 4 fully saturated rings. The van der Waals surface area contributed by atoms with Crippen molar-refractivity contribution < 1.29 is 37.1 Å². The molecule has 3 saturated heterocycles. The van der Waals surface area contributed by atoms with Gasteiger partial charge in [-0.2, -0.15) is 18.4 Å². The maximum atomic E-state index is 13.7. The quantitative estimate of drug-likeness (QED) is 0.224. The molecule has 6 rings (SSSR count). The zero-order chi connectivity index (χ0) is 41.4. The number of hydrogen-bond acceptors (Lipinski definition) is 9. The third-order valence-corrected chi connectivity index (χ3v) is 12.5. The number of benzene rings is 2. The normalized spacial score (nSPS) is 26.9. The molecule has 314 valence electrons. The van der Waals surface area contributed by atoms with Crippen LogP contribution in [0.1, 0.15) is 89.8 Å². The van der Waals surface area contributed by atoms with Crippen LogP contribution in [0.25, 0.3) is 0 Å². The molecule has 4 amide bonds. The average molecular weight is 846 g/mol. The summed E-state index contributed by atoms with van der Waals surface area (Å²) >= 11 is 5.74. The zero-order valence-corrected chi connectivity index (χ0v) is 35.0. The molecule has 2 N–H and O–H groups in total. The van der Waals surface area contributed by atoms with Crippen LogP contribution in [0.15, 0.2) is 42.5 Å². The molecule has 0 radical (unpaired) electrons. The van der Waals surface area contributed by atoms with E-state index in [2.05, 4.69) is 34.3 Å². The van der Waals surface area contributed by atoms with Crippen LogP contribution in [0.2, 0.25) is 0 Å². The number of halogens is 4. The van der Waals surface area contributed by atoms with E-state index in [1.807, 2.05) is 24.0 Å². The maximum Gasteiger partial charge on any atom is 0.417 e. The van der Waals surface area contributed by atoms with Crippen LogP contribution in [0.5, 0.6) is 0 Å². The van der Waals surface area contributed by atoms with Gasteiger partial charge in [0.25, 0.3) is 5.91 Å². The van der Waals surface area contributed by atoms with Crippen molar-refractivity contribution in [2.75, 3.05) is 43.0 Å². The molecule has 12 nitrogen and oxygen atoms in total. The van der Waals surface area contributed by atoms with Crippen molar-refractivity contribution in [1.82, 2.24) is 20.0 Å². The standard InChI is InChI=1S/C41H50F3N7O5S.ClH/c1-25-22-48(23-26(2)49(25)24-35(53)46-29-9-7-28(8-10-29)40(5)17-16-34(52)47-36(40)54)18-19-56-32-14-12-30(13-15-32)51-38(57)50(37(55)39(51,3)4)31-11-6-27(21-45)33(20-31)41(42,43)44;/h6-11,20,25-26,30,32H,12-19,22-24H2,1-5H3,(H,46,53)(H,47,52,54);1H/t25-,26+,30?,32?,40-;/m1./s1. The summed E-state index contributed by atoms with van der Waals surface area (Å²) in [5, 5.41) is 14.8. The number of amides is 4. The van der Waals surface area contributed by atoms with Gasteiger partial charge < -0.3 is 15.0 Å². The van der Waals surface area contributed by atoms with Gasteiger partial charge in [0.05, 0.1) is 47.6 Å². The van der Waals surface area contributed by atoms with Gasteiger partial charge in [0.15, 0.2) is 5.11 Å². The Labute approximate surface area is 348 Å². The molecule has 0 unspecified atom stereocenters. The van der Waals surface area contributed by atoms with Crippen molar-refractivity contribution in [1.29, 1.82) is 5.26 Å². The molecular weight excluding hydrogens is 795 g/mol. The van der Waals surface area contributed by atoms with E-state index >= 15 is 0 Å². The fourth-order valence-corrected chi connectivity index (χ4v) is 9.37. The van der Waals surface area contributed by atoms with Gasteiger partial charge >= 0.3 is 6.18 Å². The number of imide groups is 1. The van der Waals surface area contributed by atoms with Gasteiger partial charge in [0.1, 0.15) is 5.54 Å².